The normalized spacial score (nSPS) is 11.6. The van der Waals surface area contributed by atoms with Crippen LogP contribution in [-0.2, 0) is 34.1 Å². The Morgan fingerprint density at radius 1 is 0.536 bits per heavy atom. The smallest absolute Gasteiger partial charge is 0.214 e. The molecule has 0 amide bonds. The molecule has 0 saturated carbocycles. The van der Waals surface area contributed by atoms with Crippen LogP contribution in [0.25, 0.3) is 0 Å². The van der Waals surface area contributed by atoms with Crippen molar-refractivity contribution < 1.29 is 34.1 Å². The summed E-state index contributed by atoms with van der Waals surface area (Å²) in [5.74, 6) is 0.977. The molecule has 0 aromatic heterocycles. The van der Waals surface area contributed by atoms with E-state index in [1.165, 1.54) is 11.1 Å². The Morgan fingerprint density at radius 2 is 0.893 bits per heavy atom. The van der Waals surface area contributed by atoms with Crippen LogP contribution in [0.3, 0.4) is 0 Å². The summed E-state index contributed by atoms with van der Waals surface area (Å²) in [6.07, 6.45) is 8.85. The molecule has 4 aromatic rings. The molecule has 5 rings (SSSR count). The Morgan fingerprint density at radius 3 is 1.18 bits per heavy atom. The van der Waals surface area contributed by atoms with Gasteiger partial charge in [-0.1, -0.05) is 30.2 Å². The Kier molecular flexibility index (Phi) is 12.0. The van der Waals surface area contributed by atoms with Crippen LogP contribution in [-0.4, -0.2) is 0 Å². The van der Waals surface area contributed by atoms with Crippen molar-refractivity contribution in [1.82, 2.24) is 0 Å². The van der Waals surface area contributed by atoms with Gasteiger partial charge in [0.2, 0.25) is 0 Å². The molecule has 0 saturated heterocycles. The van der Waals surface area contributed by atoms with E-state index in [1.807, 2.05) is 60.7 Å². The van der Waals surface area contributed by atoms with E-state index in [9.17, 15) is 0 Å². The number of hydrogen-bond donors (Lipinski definition) is 0. The standard InChI is InChI=1S/C16H14.2C5H5.2Fe/c1-2-8-13(7-1)16(14-9-3-4-10-14)15-11-5-6-12-15;2*1-2-4-5-3-1;;/h1-13,16H;2*1-5H;;/q-2;2*-1;2*+2. The first-order valence-corrected chi connectivity index (χ1v) is 9.07. The Hall–Kier alpha value is -2.08. The van der Waals surface area contributed by atoms with Gasteiger partial charge in [0.25, 0.3) is 0 Å². The maximum Gasteiger partial charge on any atom is 2.00 e. The Labute approximate surface area is 190 Å². The minimum absolute atomic E-state index is 0. The molecule has 0 aliphatic heterocycles. The van der Waals surface area contributed by atoms with Crippen molar-refractivity contribution in [3.05, 3.63) is 145 Å². The number of allylic oxidation sites excluding steroid dienone is 4. The first-order valence-electron chi connectivity index (χ1n) is 9.07. The van der Waals surface area contributed by atoms with Gasteiger partial charge in [0.15, 0.2) is 0 Å². The summed E-state index contributed by atoms with van der Waals surface area (Å²) in [5, 5.41) is 0. The zero-order chi connectivity index (χ0) is 17.9. The van der Waals surface area contributed by atoms with E-state index in [-0.39, 0.29) is 34.1 Å². The number of hydrogen-bond acceptors (Lipinski definition) is 0. The van der Waals surface area contributed by atoms with Crippen LogP contribution < -0.4 is 0 Å². The molecule has 4 aromatic carbocycles. The summed E-state index contributed by atoms with van der Waals surface area (Å²) in [7, 11) is 0. The fourth-order valence-corrected chi connectivity index (χ4v) is 3.14. The maximum absolute atomic E-state index is 2.28. The molecule has 0 fully saturated rings. The van der Waals surface area contributed by atoms with Gasteiger partial charge < -0.3 is 0 Å². The molecule has 0 unspecified atom stereocenters. The third-order valence-corrected chi connectivity index (χ3v) is 4.37. The van der Waals surface area contributed by atoms with E-state index in [0.29, 0.717) is 11.8 Å². The summed E-state index contributed by atoms with van der Waals surface area (Å²) < 4.78 is 0. The van der Waals surface area contributed by atoms with Gasteiger partial charge in [-0.05, 0) is 5.92 Å². The van der Waals surface area contributed by atoms with Crippen LogP contribution in [0.4, 0.5) is 0 Å². The van der Waals surface area contributed by atoms with Crippen LogP contribution in [0.1, 0.15) is 17.0 Å². The molecule has 0 atom stereocenters. The van der Waals surface area contributed by atoms with Gasteiger partial charge in [0, 0.05) is 0 Å². The third kappa shape index (κ3) is 7.50. The van der Waals surface area contributed by atoms with Crippen molar-refractivity contribution in [3.63, 3.8) is 0 Å². The monoisotopic (exact) mass is 448 g/mol. The van der Waals surface area contributed by atoms with Gasteiger partial charge in [0.05, 0.1) is 0 Å². The van der Waals surface area contributed by atoms with E-state index in [2.05, 4.69) is 72.8 Å². The van der Waals surface area contributed by atoms with Crippen LogP contribution in [0.15, 0.2) is 133 Å². The molecule has 1 aliphatic rings. The molecule has 0 radical (unpaired) electrons. The van der Waals surface area contributed by atoms with Crippen LogP contribution in [0.2, 0.25) is 0 Å². The second kappa shape index (κ2) is 14.0. The first-order chi connectivity index (χ1) is 12.9. The van der Waals surface area contributed by atoms with Crippen molar-refractivity contribution in [2.24, 2.45) is 5.92 Å². The molecule has 144 valence electrons. The van der Waals surface area contributed by atoms with E-state index in [1.54, 1.807) is 0 Å². The molecule has 2 heteroatoms. The maximum atomic E-state index is 2.28. The fourth-order valence-electron chi connectivity index (χ4n) is 3.14. The minimum Gasteiger partial charge on any atom is -0.214 e. The average Bonchev–Trinajstić information content (AvgIpc) is 3.54. The van der Waals surface area contributed by atoms with Gasteiger partial charge in [-0.2, -0.15) is 71.8 Å². The van der Waals surface area contributed by atoms with Crippen molar-refractivity contribution in [1.29, 1.82) is 0 Å². The van der Waals surface area contributed by atoms with Crippen molar-refractivity contribution in [2.75, 3.05) is 0 Å². The molecular weight excluding hydrogens is 424 g/mol. The van der Waals surface area contributed by atoms with E-state index in [0.717, 1.165) is 0 Å². The molecule has 1 aliphatic carbocycles. The predicted octanol–water partition coefficient (Wildman–Crippen LogP) is 6.80. The predicted molar refractivity (Wildman–Crippen MR) is 112 cm³/mol. The molecule has 28 heavy (non-hydrogen) atoms. The van der Waals surface area contributed by atoms with Crippen molar-refractivity contribution >= 4 is 0 Å². The van der Waals surface area contributed by atoms with E-state index >= 15 is 0 Å². The van der Waals surface area contributed by atoms with Crippen LogP contribution in [0.5, 0.6) is 0 Å². The summed E-state index contributed by atoms with van der Waals surface area (Å²) in [6, 6.07) is 37.4. The summed E-state index contributed by atoms with van der Waals surface area (Å²) in [6.45, 7) is 0. The molecule has 0 bridgehead atoms. The van der Waals surface area contributed by atoms with Gasteiger partial charge in [0.1, 0.15) is 0 Å². The molecule has 0 spiro atoms. The zero-order valence-electron chi connectivity index (χ0n) is 15.6. The Balaban J connectivity index is 0.000000271. The molecule has 0 N–H and O–H groups in total. The van der Waals surface area contributed by atoms with Gasteiger partial charge in [-0.3, -0.25) is 0 Å². The van der Waals surface area contributed by atoms with Gasteiger partial charge >= 0.3 is 34.1 Å². The van der Waals surface area contributed by atoms with Gasteiger partial charge in [-0.25, -0.2) is 48.5 Å². The molecule has 0 nitrogen and oxygen atoms in total. The Bertz CT molecular complexity index is 723. The quantitative estimate of drug-likeness (QED) is 0.239. The summed E-state index contributed by atoms with van der Waals surface area (Å²) in [4.78, 5) is 0. The zero-order valence-corrected chi connectivity index (χ0v) is 17.8. The second-order valence-corrected chi connectivity index (χ2v) is 6.19. The SMILES string of the molecule is C1=CC(C([c-]2cccc2)[c-]2cccc2)C=C1.[Fe+2].[Fe+2].c1cc[cH-]c1.c1cc[cH-]c1. The van der Waals surface area contributed by atoms with Crippen molar-refractivity contribution in [3.8, 4) is 0 Å². The minimum atomic E-state index is 0. The van der Waals surface area contributed by atoms with Crippen LogP contribution in [0, 0.1) is 5.92 Å². The largest absolute Gasteiger partial charge is 2.00 e. The van der Waals surface area contributed by atoms with E-state index in [4.69, 9.17) is 0 Å². The summed E-state index contributed by atoms with van der Waals surface area (Å²) >= 11 is 0. The third-order valence-electron chi connectivity index (χ3n) is 4.37. The number of rotatable bonds is 3. The van der Waals surface area contributed by atoms with Gasteiger partial charge in [-0.15, -0.1) is 0 Å². The second-order valence-electron chi connectivity index (χ2n) is 6.19. The van der Waals surface area contributed by atoms with Crippen molar-refractivity contribution in [2.45, 2.75) is 5.92 Å². The fraction of sp³-hybridized carbons (Fsp3) is 0.0769. The van der Waals surface area contributed by atoms with Crippen LogP contribution >= 0.6 is 0 Å². The summed E-state index contributed by atoms with van der Waals surface area (Å²) in [5.41, 5.74) is 2.82. The molecular formula is C26H24Fe2. The topological polar surface area (TPSA) is 0 Å². The average molecular weight is 448 g/mol. The first kappa shape index (κ1) is 24.0. The van der Waals surface area contributed by atoms with E-state index < -0.39 is 0 Å². The molecule has 0 heterocycles.